The van der Waals surface area contributed by atoms with Crippen molar-refractivity contribution in [1.29, 1.82) is 0 Å². The number of nitrogens with zero attached hydrogens (tertiary/aromatic N) is 2. The highest BCUT2D eigenvalue weighted by Gasteiger charge is 2.31. The molecule has 17 heavy (non-hydrogen) atoms. The van der Waals surface area contributed by atoms with Gasteiger partial charge in [-0.2, -0.15) is 0 Å². The molecule has 0 aromatic carbocycles. The Morgan fingerprint density at radius 3 is 2.94 bits per heavy atom. The molecule has 3 N–H and O–H groups in total. The Morgan fingerprint density at radius 2 is 2.35 bits per heavy atom. The second-order valence-corrected chi connectivity index (χ2v) is 4.50. The molecule has 0 aliphatic heterocycles. The van der Waals surface area contributed by atoms with E-state index in [1.165, 1.54) is 0 Å². The van der Waals surface area contributed by atoms with Gasteiger partial charge in [0.25, 0.3) is 0 Å². The fourth-order valence-corrected chi connectivity index (χ4v) is 2.34. The van der Waals surface area contributed by atoms with Crippen LogP contribution in [0.3, 0.4) is 0 Å². The topological polar surface area (TPSA) is 73.1 Å². The molecule has 1 saturated carbocycles. The SMILES string of the molecule is CCOC1CC(CC(NN)c2cnccn2)C1. The average molecular weight is 236 g/mol. The second kappa shape index (κ2) is 6.05. The smallest absolute Gasteiger partial charge is 0.0769 e. The van der Waals surface area contributed by atoms with Crippen LogP contribution in [0.2, 0.25) is 0 Å². The maximum absolute atomic E-state index is 5.58. The first-order valence-electron chi connectivity index (χ1n) is 6.17. The zero-order valence-corrected chi connectivity index (χ0v) is 10.2. The Bertz CT molecular complexity index is 327. The van der Waals surface area contributed by atoms with Gasteiger partial charge >= 0.3 is 0 Å². The molecule has 1 unspecified atom stereocenters. The predicted molar refractivity (Wildman–Crippen MR) is 64.9 cm³/mol. The van der Waals surface area contributed by atoms with Crippen molar-refractivity contribution in [1.82, 2.24) is 15.4 Å². The first-order chi connectivity index (χ1) is 8.33. The van der Waals surface area contributed by atoms with E-state index in [9.17, 15) is 0 Å². The monoisotopic (exact) mass is 236 g/mol. The van der Waals surface area contributed by atoms with Crippen LogP contribution in [-0.4, -0.2) is 22.7 Å². The highest BCUT2D eigenvalue weighted by atomic mass is 16.5. The van der Waals surface area contributed by atoms with E-state index >= 15 is 0 Å². The molecular formula is C12H20N4O. The van der Waals surface area contributed by atoms with E-state index in [-0.39, 0.29) is 6.04 Å². The summed E-state index contributed by atoms with van der Waals surface area (Å²) >= 11 is 0. The lowest BCUT2D eigenvalue weighted by molar-refractivity contribution is -0.0292. The van der Waals surface area contributed by atoms with E-state index in [1.807, 2.05) is 6.92 Å². The molecule has 1 aromatic heterocycles. The maximum Gasteiger partial charge on any atom is 0.0769 e. The molecule has 0 radical (unpaired) electrons. The Balaban J connectivity index is 1.82. The molecule has 1 heterocycles. The van der Waals surface area contributed by atoms with Crippen LogP contribution in [0.25, 0.3) is 0 Å². The molecule has 1 aliphatic rings. The second-order valence-electron chi connectivity index (χ2n) is 4.50. The van der Waals surface area contributed by atoms with Gasteiger partial charge in [-0.15, -0.1) is 0 Å². The van der Waals surface area contributed by atoms with Crippen molar-refractivity contribution >= 4 is 0 Å². The number of aromatic nitrogens is 2. The normalized spacial score (nSPS) is 25.3. The van der Waals surface area contributed by atoms with E-state index in [1.54, 1.807) is 18.6 Å². The molecule has 5 heteroatoms. The summed E-state index contributed by atoms with van der Waals surface area (Å²) in [7, 11) is 0. The fourth-order valence-electron chi connectivity index (χ4n) is 2.34. The van der Waals surface area contributed by atoms with E-state index in [2.05, 4.69) is 15.4 Å². The average Bonchev–Trinajstić information content (AvgIpc) is 2.33. The van der Waals surface area contributed by atoms with Crippen LogP contribution in [0.5, 0.6) is 0 Å². The molecule has 1 aromatic rings. The molecule has 0 spiro atoms. The van der Waals surface area contributed by atoms with Crippen molar-refractivity contribution < 1.29 is 4.74 Å². The van der Waals surface area contributed by atoms with E-state index in [4.69, 9.17) is 10.6 Å². The number of nitrogens with two attached hydrogens (primary N) is 1. The van der Waals surface area contributed by atoms with Gasteiger partial charge in [0.2, 0.25) is 0 Å². The molecule has 1 aliphatic carbocycles. The van der Waals surface area contributed by atoms with Crippen molar-refractivity contribution in [3.05, 3.63) is 24.3 Å². The molecule has 94 valence electrons. The van der Waals surface area contributed by atoms with Crippen molar-refractivity contribution in [2.24, 2.45) is 11.8 Å². The standard InChI is InChI=1S/C12H20N4O/c1-2-17-10-5-9(6-10)7-11(16-13)12-8-14-3-4-15-12/h3-4,8-11,16H,2,5-7,13H2,1H3. The van der Waals surface area contributed by atoms with Gasteiger partial charge in [0.15, 0.2) is 0 Å². The third-order valence-corrected chi connectivity index (χ3v) is 3.31. The third-order valence-electron chi connectivity index (χ3n) is 3.31. The molecular weight excluding hydrogens is 216 g/mol. The maximum atomic E-state index is 5.58. The number of hydrogen-bond acceptors (Lipinski definition) is 5. The van der Waals surface area contributed by atoms with Gasteiger partial charge in [0.1, 0.15) is 0 Å². The summed E-state index contributed by atoms with van der Waals surface area (Å²) in [5.41, 5.74) is 3.73. The number of hydrazine groups is 1. The van der Waals surface area contributed by atoms with Gasteiger partial charge in [-0.05, 0) is 32.1 Å². The fraction of sp³-hybridized carbons (Fsp3) is 0.667. The molecule has 2 rings (SSSR count). The Labute approximate surface area is 102 Å². The number of rotatable bonds is 6. The lowest BCUT2D eigenvalue weighted by Gasteiger charge is -2.36. The summed E-state index contributed by atoms with van der Waals surface area (Å²) in [6, 6.07) is 0.0938. The van der Waals surface area contributed by atoms with Crippen molar-refractivity contribution in [3.8, 4) is 0 Å². The highest BCUT2D eigenvalue weighted by Crippen LogP contribution is 2.36. The summed E-state index contributed by atoms with van der Waals surface area (Å²) in [4.78, 5) is 8.35. The Morgan fingerprint density at radius 1 is 1.53 bits per heavy atom. The van der Waals surface area contributed by atoms with Gasteiger partial charge < -0.3 is 4.74 Å². The Hall–Kier alpha value is -1.04. The lowest BCUT2D eigenvalue weighted by atomic mass is 9.78. The summed E-state index contributed by atoms with van der Waals surface area (Å²) in [6.45, 7) is 2.84. The van der Waals surface area contributed by atoms with Crippen LogP contribution in [0, 0.1) is 5.92 Å². The largest absolute Gasteiger partial charge is 0.378 e. The van der Waals surface area contributed by atoms with Crippen LogP contribution >= 0.6 is 0 Å². The van der Waals surface area contributed by atoms with Crippen molar-refractivity contribution in [2.75, 3.05) is 6.61 Å². The first-order valence-corrected chi connectivity index (χ1v) is 6.17. The van der Waals surface area contributed by atoms with E-state index < -0.39 is 0 Å². The molecule has 5 nitrogen and oxygen atoms in total. The number of ether oxygens (including phenoxy) is 1. The minimum atomic E-state index is 0.0938. The van der Waals surface area contributed by atoms with Gasteiger partial charge in [-0.1, -0.05) is 0 Å². The van der Waals surface area contributed by atoms with E-state index in [0.29, 0.717) is 12.0 Å². The lowest BCUT2D eigenvalue weighted by Crippen LogP contribution is -2.36. The summed E-state index contributed by atoms with van der Waals surface area (Å²) in [6.07, 6.45) is 8.85. The van der Waals surface area contributed by atoms with Crippen LogP contribution < -0.4 is 11.3 Å². The molecule has 0 bridgehead atoms. The summed E-state index contributed by atoms with van der Waals surface area (Å²) in [5, 5.41) is 0. The zero-order chi connectivity index (χ0) is 12.1. The quantitative estimate of drug-likeness (QED) is 0.573. The van der Waals surface area contributed by atoms with Gasteiger partial charge in [-0.25, -0.2) is 0 Å². The van der Waals surface area contributed by atoms with E-state index in [0.717, 1.165) is 31.6 Å². The van der Waals surface area contributed by atoms with Gasteiger partial charge in [0.05, 0.1) is 24.0 Å². The number of hydrogen-bond donors (Lipinski definition) is 2. The minimum Gasteiger partial charge on any atom is -0.378 e. The molecule has 0 amide bonds. The highest BCUT2D eigenvalue weighted by molar-refractivity contribution is 5.03. The van der Waals surface area contributed by atoms with Crippen molar-refractivity contribution in [3.63, 3.8) is 0 Å². The Kier molecular flexibility index (Phi) is 4.42. The van der Waals surface area contributed by atoms with Crippen LogP contribution in [0.1, 0.15) is 37.9 Å². The van der Waals surface area contributed by atoms with Gasteiger partial charge in [-0.3, -0.25) is 21.2 Å². The summed E-state index contributed by atoms with van der Waals surface area (Å²) < 4.78 is 5.55. The predicted octanol–water partition coefficient (Wildman–Crippen LogP) is 1.19. The minimum absolute atomic E-state index is 0.0938. The third kappa shape index (κ3) is 3.21. The summed E-state index contributed by atoms with van der Waals surface area (Å²) in [5.74, 6) is 6.25. The molecule has 0 saturated heterocycles. The zero-order valence-electron chi connectivity index (χ0n) is 10.2. The van der Waals surface area contributed by atoms with Crippen LogP contribution in [-0.2, 0) is 4.74 Å². The number of nitrogens with one attached hydrogen (secondary N) is 1. The van der Waals surface area contributed by atoms with Gasteiger partial charge in [0, 0.05) is 19.0 Å². The van der Waals surface area contributed by atoms with Crippen LogP contribution in [0.4, 0.5) is 0 Å². The van der Waals surface area contributed by atoms with Crippen LogP contribution in [0.15, 0.2) is 18.6 Å². The molecule has 1 atom stereocenters. The molecule has 1 fully saturated rings. The van der Waals surface area contributed by atoms with Crippen molar-refractivity contribution in [2.45, 2.75) is 38.3 Å². The first kappa shape index (κ1) is 12.4.